The molecule has 1 aromatic rings. The van der Waals surface area contributed by atoms with Crippen molar-refractivity contribution in [1.82, 2.24) is 9.97 Å². The molecule has 0 fully saturated rings. The molecule has 0 saturated carbocycles. The summed E-state index contributed by atoms with van der Waals surface area (Å²) in [5.41, 5.74) is 0. The zero-order valence-electron chi connectivity index (χ0n) is 8.35. The Morgan fingerprint density at radius 2 is 2.14 bits per heavy atom. The van der Waals surface area contributed by atoms with E-state index >= 15 is 0 Å². The van der Waals surface area contributed by atoms with Crippen molar-refractivity contribution in [3.05, 3.63) is 18.5 Å². The van der Waals surface area contributed by atoms with Gasteiger partial charge in [0.15, 0.2) is 0 Å². The fourth-order valence-corrected chi connectivity index (χ4v) is 1.80. The van der Waals surface area contributed by atoms with E-state index in [0.29, 0.717) is 11.4 Å². The standard InChI is InChI=1S/C9H14BrN3O/c1-13(6-8(10)7-14-2)9-11-4-3-5-12-9/h3-5,8H,6-7H2,1-2H3. The minimum atomic E-state index is 0.293. The first-order valence-corrected chi connectivity index (χ1v) is 5.26. The summed E-state index contributed by atoms with van der Waals surface area (Å²) in [5, 5.41) is 0. The number of hydrogen-bond donors (Lipinski definition) is 0. The second kappa shape index (κ2) is 5.93. The van der Waals surface area contributed by atoms with E-state index in [1.807, 2.05) is 11.9 Å². The van der Waals surface area contributed by atoms with Crippen molar-refractivity contribution in [2.75, 3.05) is 32.2 Å². The molecule has 5 heteroatoms. The molecule has 0 N–H and O–H groups in total. The van der Waals surface area contributed by atoms with Gasteiger partial charge in [0.2, 0.25) is 5.95 Å². The lowest BCUT2D eigenvalue weighted by molar-refractivity contribution is 0.201. The van der Waals surface area contributed by atoms with Crippen LogP contribution in [0.4, 0.5) is 5.95 Å². The van der Waals surface area contributed by atoms with Crippen molar-refractivity contribution in [3.63, 3.8) is 0 Å². The predicted molar refractivity (Wildman–Crippen MR) is 59.9 cm³/mol. The predicted octanol–water partition coefficient (Wildman–Crippen LogP) is 1.32. The minimum absolute atomic E-state index is 0.293. The number of methoxy groups -OCH3 is 1. The summed E-state index contributed by atoms with van der Waals surface area (Å²) in [7, 11) is 3.65. The summed E-state index contributed by atoms with van der Waals surface area (Å²) < 4.78 is 5.03. The quantitative estimate of drug-likeness (QED) is 0.748. The van der Waals surface area contributed by atoms with E-state index in [1.54, 1.807) is 25.6 Å². The van der Waals surface area contributed by atoms with Crippen molar-refractivity contribution >= 4 is 21.9 Å². The van der Waals surface area contributed by atoms with Gasteiger partial charge in [0, 0.05) is 33.1 Å². The molecular weight excluding hydrogens is 246 g/mol. The second-order valence-electron chi connectivity index (χ2n) is 2.98. The molecule has 0 aromatic carbocycles. The van der Waals surface area contributed by atoms with Crippen LogP contribution in [0, 0.1) is 0 Å². The van der Waals surface area contributed by atoms with Crippen LogP contribution in [-0.4, -0.2) is 42.1 Å². The summed E-state index contributed by atoms with van der Waals surface area (Å²) in [4.78, 5) is 10.6. The smallest absolute Gasteiger partial charge is 0.225 e. The summed E-state index contributed by atoms with van der Waals surface area (Å²) in [5.74, 6) is 0.730. The Kier molecular flexibility index (Phi) is 4.82. The van der Waals surface area contributed by atoms with Gasteiger partial charge in [-0.3, -0.25) is 0 Å². The van der Waals surface area contributed by atoms with Gasteiger partial charge in [-0.15, -0.1) is 0 Å². The van der Waals surface area contributed by atoms with Gasteiger partial charge in [-0.2, -0.15) is 0 Å². The van der Waals surface area contributed by atoms with Crippen molar-refractivity contribution in [2.24, 2.45) is 0 Å². The number of ether oxygens (including phenoxy) is 1. The SMILES string of the molecule is COCC(Br)CN(C)c1ncccn1. The van der Waals surface area contributed by atoms with Crippen LogP contribution in [0.3, 0.4) is 0 Å². The van der Waals surface area contributed by atoms with Crippen LogP contribution in [-0.2, 0) is 4.74 Å². The number of aromatic nitrogens is 2. The van der Waals surface area contributed by atoms with E-state index in [9.17, 15) is 0 Å². The summed E-state index contributed by atoms with van der Waals surface area (Å²) >= 11 is 3.51. The maximum atomic E-state index is 5.03. The maximum absolute atomic E-state index is 5.03. The fraction of sp³-hybridized carbons (Fsp3) is 0.556. The van der Waals surface area contributed by atoms with Gasteiger partial charge in [-0.1, -0.05) is 15.9 Å². The highest BCUT2D eigenvalue weighted by molar-refractivity contribution is 9.09. The molecule has 1 aromatic heterocycles. The van der Waals surface area contributed by atoms with Gasteiger partial charge in [-0.25, -0.2) is 9.97 Å². The molecule has 0 amide bonds. The molecule has 1 rings (SSSR count). The van der Waals surface area contributed by atoms with E-state index in [1.165, 1.54) is 0 Å². The van der Waals surface area contributed by atoms with Gasteiger partial charge >= 0.3 is 0 Å². The lowest BCUT2D eigenvalue weighted by Gasteiger charge is -2.19. The van der Waals surface area contributed by atoms with Crippen molar-refractivity contribution < 1.29 is 4.74 Å². The Morgan fingerprint density at radius 3 is 2.71 bits per heavy atom. The average Bonchev–Trinajstić information content (AvgIpc) is 2.19. The zero-order chi connectivity index (χ0) is 10.4. The number of hydrogen-bond acceptors (Lipinski definition) is 4. The Hall–Kier alpha value is -0.680. The van der Waals surface area contributed by atoms with Crippen LogP contribution in [0.15, 0.2) is 18.5 Å². The number of nitrogens with zero attached hydrogens (tertiary/aromatic N) is 3. The molecular formula is C9H14BrN3O. The molecule has 0 spiro atoms. The molecule has 1 unspecified atom stereocenters. The molecule has 0 aliphatic heterocycles. The lowest BCUT2D eigenvalue weighted by Crippen LogP contribution is -2.29. The molecule has 0 aliphatic rings. The van der Waals surface area contributed by atoms with E-state index < -0.39 is 0 Å². The molecule has 0 aliphatic carbocycles. The average molecular weight is 260 g/mol. The largest absolute Gasteiger partial charge is 0.383 e. The summed E-state index contributed by atoms with van der Waals surface area (Å²) in [6.45, 7) is 1.50. The van der Waals surface area contributed by atoms with Crippen LogP contribution in [0.1, 0.15) is 0 Å². The highest BCUT2D eigenvalue weighted by atomic mass is 79.9. The third-order valence-electron chi connectivity index (χ3n) is 1.71. The van der Waals surface area contributed by atoms with Crippen LogP contribution in [0.5, 0.6) is 0 Å². The Bertz CT molecular complexity index is 257. The van der Waals surface area contributed by atoms with Crippen LogP contribution >= 0.6 is 15.9 Å². The van der Waals surface area contributed by atoms with E-state index in [2.05, 4.69) is 25.9 Å². The Morgan fingerprint density at radius 1 is 1.50 bits per heavy atom. The number of rotatable bonds is 5. The minimum Gasteiger partial charge on any atom is -0.383 e. The van der Waals surface area contributed by atoms with Crippen LogP contribution in [0.25, 0.3) is 0 Å². The van der Waals surface area contributed by atoms with Gasteiger partial charge < -0.3 is 9.64 Å². The molecule has 1 heterocycles. The number of alkyl halides is 1. The fourth-order valence-electron chi connectivity index (χ4n) is 1.10. The molecule has 4 nitrogen and oxygen atoms in total. The number of halogens is 1. The lowest BCUT2D eigenvalue weighted by atomic mass is 10.4. The van der Waals surface area contributed by atoms with E-state index in [4.69, 9.17) is 4.74 Å². The zero-order valence-corrected chi connectivity index (χ0v) is 9.94. The van der Waals surface area contributed by atoms with Crippen molar-refractivity contribution in [1.29, 1.82) is 0 Å². The first kappa shape index (κ1) is 11.4. The highest BCUT2D eigenvalue weighted by Gasteiger charge is 2.09. The molecule has 0 saturated heterocycles. The first-order chi connectivity index (χ1) is 6.74. The topological polar surface area (TPSA) is 38.2 Å². The Balaban J connectivity index is 2.46. The molecule has 14 heavy (non-hydrogen) atoms. The monoisotopic (exact) mass is 259 g/mol. The maximum Gasteiger partial charge on any atom is 0.225 e. The second-order valence-corrected chi connectivity index (χ2v) is 4.28. The van der Waals surface area contributed by atoms with Crippen molar-refractivity contribution in [2.45, 2.75) is 4.83 Å². The molecule has 78 valence electrons. The van der Waals surface area contributed by atoms with E-state index in [0.717, 1.165) is 12.5 Å². The van der Waals surface area contributed by atoms with Crippen LogP contribution < -0.4 is 4.90 Å². The van der Waals surface area contributed by atoms with Gasteiger partial charge in [0.05, 0.1) is 11.4 Å². The summed E-state index contributed by atoms with van der Waals surface area (Å²) in [6, 6.07) is 1.80. The highest BCUT2D eigenvalue weighted by Crippen LogP contribution is 2.07. The molecule has 1 atom stereocenters. The first-order valence-electron chi connectivity index (χ1n) is 4.35. The third-order valence-corrected chi connectivity index (χ3v) is 2.27. The normalized spacial score (nSPS) is 12.5. The van der Waals surface area contributed by atoms with Crippen molar-refractivity contribution in [3.8, 4) is 0 Å². The van der Waals surface area contributed by atoms with Crippen LogP contribution in [0.2, 0.25) is 0 Å². The van der Waals surface area contributed by atoms with Gasteiger partial charge in [0.1, 0.15) is 0 Å². The third kappa shape index (κ3) is 3.59. The number of anilines is 1. The van der Waals surface area contributed by atoms with Gasteiger partial charge in [-0.05, 0) is 6.07 Å². The molecule has 0 bridgehead atoms. The molecule has 0 radical (unpaired) electrons. The summed E-state index contributed by atoms with van der Waals surface area (Å²) in [6.07, 6.45) is 3.47. The van der Waals surface area contributed by atoms with E-state index in [-0.39, 0.29) is 0 Å². The Labute approximate surface area is 92.4 Å². The van der Waals surface area contributed by atoms with Gasteiger partial charge in [0.25, 0.3) is 0 Å².